The zero-order valence-electron chi connectivity index (χ0n) is 11.5. The number of aliphatic imine (C=N–C) groups is 1. The van der Waals surface area contributed by atoms with Crippen LogP contribution in [0.25, 0.3) is 11.4 Å². The van der Waals surface area contributed by atoms with Crippen molar-refractivity contribution in [1.29, 1.82) is 0 Å². The molecule has 2 aromatic heterocycles. The maximum atomic E-state index is 5.80. The van der Waals surface area contributed by atoms with Crippen molar-refractivity contribution in [1.82, 2.24) is 9.97 Å². The summed E-state index contributed by atoms with van der Waals surface area (Å²) in [6, 6.07) is 0. The minimum atomic E-state index is 0.397. The van der Waals surface area contributed by atoms with Crippen LogP contribution < -0.4 is 16.8 Å². The Morgan fingerprint density at radius 1 is 1.45 bits per heavy atom. The Kier molecular flexibility index (Phi) is 4.91. The number of nitrogen functional groups attached to an aromatic ring is 1. The first-order chi connectivity index (χ1) is 9.60. The van der Waals surface area contributed by atoms with Gasteiger partial charge in [0.05, 0.1) is 0 Å². The molecule has 0 saturated heterocycles. The second kappa shape index (κ2) is 6.67. The molecule has 108 valence electrons. The summed E-state index contributed by atoms with van der Waals surface area (Å²) in [6.45, 7) is 4.83. The monoisotopic (exact) mass is 310 g/mol. The van der Waals surface area contributed by atoms with Gasteiger partial charge >= 0.3 is 0 Å². The first-order valence-corrected chi connectivity index (χ1v) is 8.05. The van der Waals surface area contributed by atoms with E-state index in [1.165, 1.54) is 22.7 Å². The van der Waals surface area contributed by atoms with E-state index in [4.69, 9.17) is 11.5 Å². The smallest absolute Gasteiger partial charge is 0.194 e. The van der Waals surface area contributed by atoms with E-state index in [-0.39, 0.29) is 0 Å². The SMILES string of the molecule is CCCCN=C(N)Nc1nc(-c2nc(N)sc2C)cs1. The first-order valence-electron chi connectivity index (χ1n) is 6.36. The Hall–Kier alpha value is -1.67. The largest absolute Gasteiger partial charge is 0.375 e. The third-order valence-electron chi connectivity index (χ3n) is 2.59. The Balaban J connectivity index is 2.06. The molecular formula is C12H18N6S2. The minimum absolute atomic E-state index is 0.397. The average Bonchev–Trinajstić information content (AvgIpc) is 2.96. The van der Waals surface area contributed by atoms with Crippen LogP contribution in [-0.4, -0.2) is 22.5 Å². The lowest BCUT2D eigenvalue weighted by Crippen LogP contribution is -2.22. The van der Waals surface area contributed by atoms with Crippen LogP contribution in [0.2, 0.25) is 0 Å². The molecule has 0 saturated carbocycles. The third kappa shape index (κ3) is 3.67. The van der Waals surface area contributed by atoms with E-state index in [2.05, 4.69) is 27.2 Å². The molecule has 8 heteroatoms. The molecule has 0 unspecified atom stereocenters. The van der Waals surface area contributed by atoms with Crippen LogP contribution in [0, 0.1) is 6.92 Å². The first kappa shape index (κ1) is 14.7. The third-order valence-corrected chi connectivity index (χ3v) is 4.15. The Labute approximate surface area is 126 Å². The van der Waals surface area contributed by atoms with Crippen molar-refractivity contribution in [2.45, 2.75) is 26.7 Å². The lowest BCUT2D eigenvalue weighted by atomic mass is 10.3. The molecule has 0 atom stereocenters. The molecule has 6 nitrogen and oxygen atoms in total. The van der Waals surface area contributed by atoms with E-state index in [0.29, 0.717) is 16.2 Å². The van der Waals surface area contributed by atoms with Gasteiger partial charge in [0.1, 0.15) is 11.4 Å². The van der Waals surface area contributed by atoms with Crippen molar-refractivity contribution in [3.63, 3.8) is 0 Å². The fourth-order valence-corrected chi connectivity index (χ4v) is 3.00. The average molecular weight is 310 g/mol. The highest BCUT2D eigenvalue weighted by atomic mass is 32.1. The van der Waals surface area contributed by atoms with Gasteiger partial charge in [0.2, 0.25) is 0 Å². The van der Waals surface area contributed by atoms with E-state index in [0.717, 1.165) is 35.7 Å². The Morgan fingerprint density at radius 2 is 2.25 bits per heavy atom. The van der Waals surface area contributed by atoms with E-state index < -0.39 is 0 Å². The summed E-state index contributed by atoms with van der Waals surface area (Å²) in [6.07, 6.45) is 2.13. The molecule has 0 aliphatic rings. The molecule has 0 fully saturated rings. The molecule has 0 aliphatic carbocycles. The molecule has 2 rings (SSSR count). The van der Waals surface area contributed by atoms with Crippen LogP contribution in [0.3, 0.4) is 0 Å². The molecule has 0 aromatic carbocycles. The van der Waals surface area contributed by atoms with E-state index >= 15 is 0 Å². The fourth-order valence-electron chi connectivity index (χ4n) is 1.60. The number of rotatable bonds is 5. The van der Waals surface area contributed by atoms with Gasteiger partial charge in [-0.1, -0.05) is 13.3 Å². The predicted octanol–water partition coefficient (Wildman–Crippen LogP) is 2.68. The summed E-state index contributed by atoms with van der Waals surface area (Å²) in [5.41, 5.74) is 13.1. The number of unbranched alkanes of at least 4 members (excludes halogenated alkanes) is 1. The normalized spacial score (nSPS) is 11.8. The maximum absolute atomic E-state index is 5.80. The van der Waals surface area contributed by atoms with Crippen molar-refractivity contribution in [3.8, 4) is 11.4 Å². The molecule has 20 heavy (non-hydrogen) atoms. The van der Waals surface area contributed by atoms with E-state index in [1.807, 2.05) is 12.3 Å². The van der Waals surface area contributed by atoms with Crippen molar-refractivity contribution in [3.05, 3.63) is 10.3 Å². The van der Waals surface area contributed by atoms with Crippen molar-refractivity contribution < 1.29 is 0 Å². The highest BCUT2D eigenvalue weighted by molar-refractivity contribution is 7.16. The van der Waals surface area contributed by atoms with Gasteiger partial charge in [-0.25, -0.2) is 9.97 Å². The van der Waals surface area contributed by atoms with Gasteiger partial charge in [-0.15, -0.1) is 22.7 Å². The summed E-state index contributed by atoms with van der Waals surface area (Å²) in [5.74, 6) is 0.397. The summed E-state index contributed by atoms with van der Waals surface area (Å²) < 4.78 is 0. The Morgan fingerprint density at radius 3 is 2.90 bits per heavy atom. The number of anilines is 2. The molecule has 2 heterocycles. The van der Waals surface area contributed by atoms with Crippen LogP contribution in [0.15, 0.2) is 10.4 Å². The molecule has 0 radical (unpaired) electrons. The molecule has 2 aromatic rings. The van der Waals surface area contributed by atoms with Crippen LogP contribution in [-0.2, 0) is 0 Å². The number of nitrogens with one attached hydrogen (secondary N) is 1. The number of aryl methyl sites for hydroxylation is 1. The van der Waals surface area contributed by atoms with Gasteiger partial charge in [-0.05, 0) is 13.3 Å². The number of nitrogens with two attached hydrogens (primary N) is 2. The molecule has 0 bridgehead atoms. The fraction of sp³-hybridized carbons (Fsp3) is 0.417. The van der Waals surface area contributed by atoms with Gasteiger partial charge in [-0.3, -0.25) is 4.99 Å². The van der Waals surface area contributed by atoms with Crippen molar-refractivity contribution in [2.75, 3.05) is 17.6 Å². The second-order valence-electron chi connectivity index (χ2n) is 4.24. The molecule has 0 aliphatic heterocycles. The molecular weight excluding hydrogens is 292 g/mol. The van der Waals surface area contributed by atoms with Crippen LogP contribution in [0.1, 0.15) is 24.6 Å². The van der Waals surface area contributed by atoms with Crippen LogP contribution >= 0.6 is 22.7 Å². The number of hydrogen-bond acceptors (Lipinski definition) is 6. The van der Waals surface area contributed by atoms with Gasteiger partial charge in [0, 0.05) is 16.8 Å². The lowest BCUT2D eigenvalue weighted by Gasteiger charge is -2.00. The maximum Gasteiger partial charge on any atom is 0.194 e. The zero-order chi connectivity index (χ0) is 14.5. The lowest BCUT2D eigenvalue weighted by molar-refractivity contribution is 0.807. The molecule has 5 N–H and O–H groups in total. The number of nitrogens with zero attached hydrogens (tertiary/aromatic N) is 3. The summed E-state index contributed by atoms with van der Waals surface area (Å²) in [5, 5.41) is 6.20. The quantitative estimate of drug-likeness (QED) is 0.447. The van der Waals surface area contributed by atoms with Gasteiger partial charge in [-0.2, -0.15) is 0 Å². The topological polar surface area (TPSA) is 102 Å². The predicted molar refractivity (Wildman–Crippen MR) is 87.4 cm³/mol. The summed E-state index contributed by atoms with van der Waals surface area (Å²) in [4.78, 5) is 14.0. The van der Waals surface area contributed by atoms with Crippen LogP contribution in [0.5, 0.6) is 0 Å². The highest BCUT2D eigenvalue weighted by Gasteiger charge is 2.12. The van der Waals surface area contributed by atoms with Gasteiger partial charge < -0.3 is 16.8 Å². The number of thiazole rings is 2. The summed E-state index contributed by atoms with van der Waals surface area (Å²) >= 11 is 2.93. The van der Waals surface area contributed by atoms with Gasteiger partial charge in [0.15, 0.2) is 16.2 Å². The molecule has 0 amide bonds. The summed E-state index contributed by atoms with van der Waals surface area (Å²) in [7, 11) is 0. The van der Waals surface area contributed by atoms with E-state index in [9.17, 15) is 0 Å². The van der Waals surface area contributed by atoms with Crippen LogP contribution in [0.4, 0.5) is 10.3 Å². The van der Waals surface area contributed by atoms with E-state index in [1.54, 1.807) is 0 Å². The Bertz CT molecular complexity index is 601. The zero-order valence-corrected chi connectivity index (χ0v) is 13.1. The second-order valence-corrected chi connectivity index (χ2v) is 6.33. The number of aromatic nitrogens is 2. The number of hydrogen-bond donors (Lipinski definition) is 3. The standard InChI is InChI=1S/C12H18N6S2/c1-3-4-5-15-10(13)18-12-16-8(6-19-12)9-7(2)20-11(14)17-9/h6H,3-5H2,1-2H3,(H2,14,17)(H3,13,15,16,18). The highest BCUT2D eigenvalue weighted by Crippen LogP contribution is 2.30. The molecule has 0 spiro atoms. The van der Waals surface area contributed by atoms with Crippen molar-refractivity contribution in [2.24, 2.45) is 10.7 Å². The van der Waals surface area contributed by atoms with Gasteiger partial charge in [0.25, 0.3) is 0 Å². The van der Waals surface area contributed by atoms with Crippen molar-refractivity contribution >= 4 is 38.9 Å². The minimum Gasteiger partial charge on any atom is -0.375 e. The number of guanidine groups is 1.